The standard InChI is InChI=1S/C13H16N2O3S/c1-8-3-11(12(15(17)18)4-9(8)2)14-6-10(7-19)5-13(14)16/h3-4,10,19H,5-7H2,1-2H3. The molecule has 0 N–H and O–H groups in total. The molecule has 1 atom stereocenters. The number of carbonyl (C=O) groups is 1. The van der Waals surface area contributed by atoms with Crippen LogP contribution in [0, 0.1) is 29.9 Å². The SMILES string of the molecule is Cc1cc(N2CC(CS)CC2=O)c([N+](=O)[O-])cc1C. The lowest BCUT2D eigenvalue weighted by Gasteiger charge is -2.18. The summed E-state index contributed by atoms with van der Waals surface area (Å²) in [5.41, 5.74) is 2.20. The van der Waals surface area contributed by atoms with Gasteiger partial charge in [0.1, 0.15) is 5.69 Å². The Hall–Kier alpha value is -1.56. The Morgan fingerprint density at radius 1 is 1.42 bits per heavy atom. The van der Waals surface area contributed by atoms with E-state index in [9.17, 15) is 14.9 Å². The van der Waals surface area contributed by atoms with Crippen molar-refractivity contribution >= 4 is 29.9 Å². The van der Waals surface area contributed by atoms with E-state index in [1.807, 2.05) is 13.8 Å². The summed E-state index contributed by atoms with van der Waals surface area (Å²) in [6.07, 6.45) is 0.410. The predicted octanol–water partition coefficient (Wildman–Crippen LogP) is 2.49. The van der Waals surface area contributed by atoms with Gasteiger partial charge < -0.3 is 4.90 Å². The third kappa shape index (κ3) is 2.58. The predicted molar refractivity (Wildman–Crippen MR) is 76.9 cm³/mol. The van der Waals surface area contributed by atoms with Crippen LogP contribution in [-0.2, 0) is 4.79 Å². The van der Waals surface area contributed by atoms with E-state index in [0.717, 1.165) is 11.1 Å². The Labute approximate surface area is 117 Å². The lowest BCUT2D eigenvalue weighted by atomic mass is 10.1. The molecule has 1 heterocycles. The van der Waals surface area contributed by atoms with Crippen LogP contribution in [0.15, 0.2) is 12.1 Å². The molecule has 6 heteroatoms. The van der Waals surface area contributed by atoms with Crippen molar-refractivity contribution in [3.63, 3.8) is 0 Å². The highest BCUT2D eigenvalue weighted by Crippen LogP contribution is 2.35. The van der Waals surface area contributed by atoms with Gasteiger partial charge in [-0.25, -0.2) is 0 Å². The van der Waals surface area contributed by atoms with E-state index in [1.165, 1.54) is 11.0 Å². The van der Waals surface area contributed by atoms with E-state index < -0.39 is 4.92 Å². The highest BCUT2D eigenvalue weighted by Gasteiger charge is 2.33. The van der Waals surface area contributed by atoms with E-state index >= 15 is 0 Å². The lowest BCUT2D eigenvalue weighted by Crippen LogP contribution is -2.25. The number of nitrogens with zero attached hydrogens (tertiary/aromatic N) is 2. The van der Waals surface area contributed by atoms with Gasteiger partial charge in [0.05, 0.1) is 4.92 Å². The Balaban J connectivity index is 2.47. The highest BCUT2D eigenvalue weighted by molar-refractivity contribution is 7.80. The van der Waals surface area contributed by atoms with Crippen LogP contribution in [0.2, 0.25) is 0 Å². The first-order valence-electron chi connectivity index (χ1n) is 6.11. The Morgan fingerprint density at radius 2 is 2.05 bits per heavy atom. The molecule has 0 aliphatic carbocycles. The molecule has 0 saturated carbocycles. The van der Waals surface area contributed by atoms with Gasteiger partial charge in [-0.2, -0.15) is 12.6 Å². The second-order valence-corrected chi connectivity index (χ2v) is 5.30. The van der Waals surface area contributed by atoms with Crippen LogP contribution in [-0.4, -0.2) is 23.1 Å². The van der Waals surface area contributed by atoms with Crippen molar-refractivity contribution in [2.24, 2.45) is 5.92 Å². The Bertz CT molecular complexity index is 545. The molecular weight excluding hydrogens is 264 g/mol. The second-order valence-electron chi connectivity index (χ2n) is 4.94. The zero-order valence-electron chi connectivity index (χ0n) is 10.9. The molecular formula is C13H16N2O3S. The van der Waals surface area contributed by atoms with E-state index in [4.69, 9.17) is 0 Å². The number of nitro groups is 1. The number of hydrogen-bond donors (Lipinski definition) is 1. The third-order valence-electron chi connectivity index (χ3n) is 3.54. The maximum atomic E-state index is 12.0. The van der Waals surface area contributed by atoms with E-state index in [0.29, 0.717) is 24.4 Å². The van der Waals surface area contributed by atoms with E-state index in [2.05, 4.69) is 12.6 Å². The molecule has 1 unspecified atom stereocenters. The van der Waals surface area contributed by atoms with Gasteiger partial charge in [0.25, 0.3) is 5.69 Å². The Morgan fingerprint density at radius 3 is 2.58 bits per heavy atom. The highest BCUT2D eigenvalue weighted by atomic mass is 32.1. The third-order valence-corrected chi connectivity index (χ3v) is 4.06. The van der Waals surface area contributed by atoms with E-state index in [-0.39, 0.29) is 17.5 Å². The van der Waals surface area contributed by atoms with Crippen molar-refractivity contribution in [2.45, 2.75) is 20.3 Å². The van der Waals surface area contributed by atoms with Crippen molar-refractivity contribution in [1.29, 1.82) is 0 Å². The zero-order chi connectivity index (χ0) is 14.2. The topological polar surface area (TPSA) is 63.5 Å². The molecule has 1 aromatic rings. The van der Waals surface area contributed by atoms with Crippen molar-refractivity contribution in [2.75, 3.05) is 17.2 Å². The first-order valence-corrected chi connectivity index (χ1v) is 6.74. The molecule has 0 bridgehead atoms. The fourth-order valence-electron chi connectivity index (χ4n) is 2.28. The molecule has 5 nitrogen and oxygen atoms in total. The molecule has 0 spiro atoms. The van der Waals surface area contributed by atoms with Gasteiger partial charge in [-0.15, -0.1) is 0 Å². The average molecular weight is 280 g/mol. The fourth-order valence-corrected chi connectivity index (χ4v) is 2.53. The summed E-state index contributed by atoms with van der Waals surface area (Å²) >= 11 is 4.20. The molecule has 1 saturated heterocycles. The van der Waals surface area contributed by atoms with Crippen LogP contribution in [0.1, 0.15) is 17.5 Å². The summed E-state index contributed by atoms with van der Waals surface area (Å²) in [7, 11) is 0. The molecule has 1 amide bonds. The van der Waals surface area contributed by atoms with Gasteiger partial charge in [-0.1, -0.05) is 0 Å². The van der Waals surface area contributed by atoms with Crippen molar-refractivity contribution in [3.8, 4) is 0 Å². The van der Waals surface area contributed by atoms with Crippen LogP contribution in [0.5, 0.6) is 0 Å². The zero-order valence-corrected chi connectivity index (χ0v) is 11.8. The molecule has 1 aliphatic rings. The van der Waals surface area contributed by atoms with Crippen molar-refractivity contribution in [1.82, 2.24) is 0 Å². The van der Waals surface area contributed by atoms with Gasteiger partial charge in [-0.05, 0) is 42.7 Å². The molecule has 19 heavy (non-hydrogen) atoms. The maximum absolute atomic E-state index is 12.0. The van der Waals surface area contributed by atoms with Crippen LogP contribution in [0.4, 0.5) is 11.4 Å². The maximum Gasteiger partial charge on any atom is 0.293 e. The van der Waals surface area contributed by atoms with Crippen LogP contribution >= 0.6 is 12.6 Å². The van der Waals surface area contributed by atoms with Gasteiger partial charge in [0.2, 0.25) is 5.91 Å². The van der Waals surface area contributed by atoms with Crippen LogP contribution in [0.3, 0.4) is 0 Å². The van der Waals surface area contributed by atoms with Crippen molar-refractivity contribution < 1.29 is 9.72 Å². The number of thiol groups is 1. The van der Waals surface area contributed by atoms with Gasteiger partial charge in [0, 0.05) is 19.0 Å². The average Bonchev–Trinajstić information content (AvgIpc) is 2.73. The fraction of sp³-hybridized carbons (Fsp3) is 0.462. The smallest absolute Gasteiger partial charge is 0.293 e. The number of anilines is 1. The summed E-state index contributed by atoms with van der Waals surface area (Å²) in [4.78, 5) is 24.2. The minimum Gasteiger partial charge on any atom is -0.306 e. The van der Waals surface area contributed by atoms with Crippen molar-refractivity contribution in [3.05, 3.63) is 33.4 Å². The van der Waals surface area contributed by atoms with Crippen LogP contribution < -0.4 is 4.90 Å². The summed E-state index contributed by atoms with van der Waals surface area (Å²) in [5, 5.41) is 11.2. The van der Waals surface area contributed by atoms with Gasteiger partial charge >= 0.3 is 0 Å². The summed E-state index contributed by atoms with van der Waals surface area (Å²) in [5.74, 6) is 0.711. The number of benzene rings is 1. The second kappa shape index (κ2) is 5.21. The minimum atomic E-state index is -0.428. The summed E-state index contributed by atoms with van der Waals surface area (Å²) in [6.45, 7) is 4.22. The molecule has 102 valence electrons. The van der Waals surface area contributed by atoms with Gasteiger partial charge in [0.15, 0.2) is 0 Å². The lowest BCUT2D eigenvalue weighted by molar-refractivity contribution is -0.384. The molecule has 0 aromatic heterocycles. The monoisotopic (exact) mass is 280 g/mol. The van der Waals surface area contributed by atoms with Gasteiger partial charge in [-0.3, -0.25) is 14.9 Å². The largest absolute Gasteiger partial charge is 0.306 e. The first kappa shape index (κ1) is 13.9. The minimum absolute atomic E-state index is 0.00346. The van der Waals surface area contributed by atoms with E-state index in [1.54, 1.807) is 6.07 Å². The molecule has 1 fully saturated rings. The molecule has 1 aliphatic heterocycles. The summed E-state index contributed by atoms with van der Waals surface area (Å²) in [6, 6.07) is 3.26. The number of carbonyl (C=O) groups excluding carboxylic acids is 1. The molecule has 1 aromatic carbocycles. The number of aryl methyl sites for hydroxylation is 2. The molecule has 2 rings (SSSR count). The first-order chi connectivity index (χ1) is 8.93. The van der Waals surface area contributed by atoms with Crippen LogP contribution in [0.25, 0.3) is 0 Å². The quantitative estimate of drug-likeness (QED) is 0.525. The normalized spacial score (nSPS) is 19.0. The Kier molecular flexibility index (Phi) is 3.80. The number of hydrogen-bond acceptors (Lipinski definition) is 4. The number of rotatable bonds is 3. The number of amides is 1. The number of nitro benzene ring substituents is 1. The summed E-state index contributed by atoms with van der Waals surface area (Å²) < 4.78 is 0. The molecule has 0 radical (unpaired) electrons.